The van der Waals surface area contributed by atoms with Gasteiger partial charge < -0.3 is 70.3 Å². The number of anilines is 7. The molecule has 2 heterocycles. The van der Waals surface area contributed by atoms with Crippen molar-refractivity contribution >= 4 is 112 Å². The smallest absolute Gasteiger partial charge is 0.459 e. The van der Waals surface area contributed by atoms with Gasteiger partial charge in [-0.05, 0) is 158 Å². The van der Waals surface area contributed by atoms with E-state index in [1.165, 1.54) is 32.1 Å². The van der Waals surface area contributed by atoms with Crippen LogP contribution in [-0.4, -0.2) is 175 Å². The Hall–Kier alpha value is -12.5. The van der Waals surface area contributed by atoms with E-state index in [-0.39, 0.29) is 88.7 Å². The van der Waals surface area contributed by atoms with Crippen molar-refractivity contribution in [3.05, 3.63) is 210 Å². The van der Waals surface area contributed by atoms with Crippen LogP contribution in [0.5, 0.6) is 0 Å². The molecule has 4 saturated carbocycles. The number of halogens is 13. The minimum atomic E-state index is -5.19. The molecule has 7 aromatic rings. The van der Waals surface area contributed by atoms with E-state index in [4.69, 9.17) is 29.4 Å². The number of hydrogen-bond donors (Lipinski definition) is 7. The highest BCUT2D eigenvalue weighted by atomic mass is 35.5. The summed E-state index contributed by atoms with van der Waals surface area (Å²) in [5.74, 6) is -11.6. The van der Waals surface area contributed by atoms with Crippen molar-refractivity contribution in [1.82, 2.24) is 20.9 Å². The normalized spacial score (nSPS) is 16.9. The molecular formula is C100H122ClF12N11O15. The van der Waals surface area contributed by atoms with Crippen molar-refractivity contribution in [3.63, 3.8) is 0 Å². The summed E-state index contributed by atoms with van der Waals surface area (Å²) in [5, 5.41) is 14.7. The van der Waals surface area contributed by atoms with Gasteiger partial charge in [-0.15, -0.1) is 12.4 Å². The third kappa shape index (κ3) is 37.3. The Labute approximate surface area is 806 Å². The van der Waals surface area contributed by atoms with E-state index in [9.17, 15) is 101 Å². The molecule has 1 saturated heterocycles. The second-order valence-electron chi connectivity index (χ2n) is 36.3. The van der Waals surface area contributed by atoms with Crippen LogP contribution in [0.25, 0.3) is 0 Å². The zero-order chi connectivity index (χ0) is 101. The van der Waals surface area contributed by atoms with E-state index < -0.39 is 114 Å². The SMILES string of the molecule is CC(C)(C)OC(=O)Nc1ccccc1N(C[C@@H](NC(=O)C(F)(F)F)C(=O)OCc1ccccc1)C1CCCCC1.CC(C)(C)OC(=O)Nc1ccccc1NC1CCCCC1.Cl.Nc1ccccc1N(C[C@@H](NC(=O)C(F)(F)F)C(=O)OCc1ccccc1)C1CCCCC1.O=C(OCc1ccccc1)[C@H]1CN1C(=O)C(F)(F)F.O=C1Cc2ccccc2N(C2CCCCC2)C[C@H]1NC(=O)C(F)(F)F. The Balaban J connectivity index is 0.000000218. The molecule has 0 radical (unpaired) electrons. The Morgan fingerprint density at radius 3 is 1.25 bits per heavy atom. The second kappa shape index (κ2) is 52.5. The van der Waals surface area contributed by atoms with Gasteiger partial charge in [-0.25, -0.2) is 24.0 Å². The monoisotopic (exact) mass is 1980 g/mol. The molecule has 2 aliphatic heterocycles. The van der Waals surface area contributed by atoms with E-state index in [1.807, 2.05) is 95.1 Å². The number of fused-ring (bicyclic) bond motifs is 1. The quantitative estimate of drug-likeness (QED) is 0.00919. The summed E-state index contributed by atoms with van der Waals surface area (Å²) in [6.45, 7) is 9.80. The first kappa shape index (κ1) is 112. The van der Waals surface area contributed by atoms with Crippen LogP contribution in [-0.2, 0) is 88.3 Å². The molecule has 758 valence electrons. The molecular weight excluding hydrogens is 1860 g/mol. The van der Waals surface area contributed by atoms with Crippen LogP contribution in [0.3, 0.4) is 0 Å². The lowest BCUT2D eigenvalue weighted by atomic mass is 9.93. The van der Waals surface area contributed by atoms with E-state index in [1.54, 1.807) is 165 Å². The summed E-state index contributed by atoms with van der Waals surface area (Å²) < 4.78 is 179. The van der Waals surface area contributed by atoms with Crippen molar-refractivity contribution in [3.8, 4) is 0 Å². The number of para-hydroxylation sites is 7. The second-order valence-corrected chi connectivity index (χ2v) is 36.3. The number of carbonyl (C=O) groups is 10. The third-order valence-corrected chi connectivity index (χ3v) is 23.2. The summed E-state index contributed by atoms with van der Waals surface area (Å²) in [6, 6.07) is 50.3. The standard InChI is InChI=1S/C29H36F3N3O5.C24H28F3N3O3.C18H21F3N2O2.C17H26N2O2.C12H10F3NO3.ClH/c1-28(2,3)40-27(38)34-22-16-10-11-17-24(22)35(21-14-8-5-9-15-21)18-23(33-26(37)29(30,31)32)25(36)39-19-20-12-6-4-7-13-20;25-24(26,27)23(32)29-20(22(31)33-16-17-9-3-1-4-10-17)15-30(18-11-5-2-6-12-18)21-14-8-7-13-19(21)28;19-18(20,21)17(25)22-14-11-23(13-7-2-1-3-8-13)15-9-5-4-6-12(15)10-16(14)24;1-17(2,3)21-16(20)19-15-12-8-7-11-14(15)18-13-9-5-4-6-10-13;13-12(14,15)11(18)16-6-9(16)10(17)19-7-8-4-2-1-3-5-8;/h4,6-7,10-13,16-17,21,23H,5,8-9,14-15,18-19H2,1-3H3,(H,33,37)(H,34,38);1,3-4,7-10,13-14,18,20H,2,5-6,11-12,15-16,28H2,(H,29,32);4-6,9,13-14H,1-3,7-8,10-11H2,(H,22,25);7-8,11-13,18H,4-6,9-10H2,1-3H3,(H,19,20);1-5,9H,6-7H2;1H/t23-;20-;14-;;9-,16?;/m111.1./s1. The van der Waals surface area contributed by atoms with Crippen molar-refractivity contribution in [2.24, 2.45) is 0 Å². The average molecular weight is 1980 g/mol. The summed E-state index contributed by atoms with van der Waals surface area (Å²) >= 11 is 0. The largest absolute Gasteiger partial charge is 0.471 e. The molecule has 7 aromatic carbocycles. The van der Waals surface area contributed by atoms with Crippen molar-refractivity contribution in [2.75, 3.05) is 62.6 Å². The number of benzene rings is 7. The van der Waals surface area contributed by atoms with Gasteiger partial charge >= 0.3 is 78.4 Å². The van der Waals surface area contributed by atoms with Crippen LogP contribution in [0.2, 0.25) is 0 Å². The average Bonchev–Trinajstić information content (AvgIpc) is 1.65. The molecule has 4 atom stereocenters. The van der Waals surface area contributed by atoms with E-state index in [0.29, 0.717) is 44.8 Å². The van der Waals surface area contributed by atoms with E-state index >= 15 is 0 Å². The molecule has 6 amide bonds. The van der Waals surface area contributed by atoms with Crippen LogP contribution in [0.15, 0.2) is 188 Å². The first-order chi connectivity index (χ1) is 65.3. The number of nitrogens with one attached hydrogen (secondary N) is 6. The number of nitrogens with zero attached hydrogens (tertiary/aromatic N) is 4. The predicted molar refractivity (Wildman–Crippen MR) is 503 cm³/mol. The molecule has 139 heavy (non-hydrogen) atoms. The molecule has 4 aliphatic carbocycles. The van der Waals surface area contributed by atoms with Crippen molar-refractivity contribution < 1.29 is 124 Å². The molecule has 5 fully saturated rings. The molecule has 39 heteroatoms. The topological polar surface area (TPSA) is 328 Å². The number of amides is 6. The summed E-state index contributed by atoms with van der Waals surface area (Å²) in [4.78, 5) is 126. The fourth-order valence-electron chi connectivity index (χ4n) is 16.5. The van der Waals surface area contributed by atoms with E-state index in [0.717, 1.165) is 125 Å². The zero-order valence-electron chi connectivity index (χ0n) is 78.2. The summed E-state index contributed by atoms with van der Waals surface area (Å²) in [5.41, 5.74) is 12.3. The Morgan fingerprint density at radius 1 is 0.424 bits per heavy atom. The first-order valence-electron chi connectivity index (χ1n) is 46.1. The number of alkyl halides is 12. The fraction of sp³-hybridized carbons (Fsp3) is 0.480. The highest BCUT2D eigenvalue weighted by Gasteiger charge is 2.55. The lowest BCUT2D eigenvalue weighted by Crippen LogP contribution is -2.54. The lowest BCUT2D eigenvalue weighted by Gasteiger charge is -2.39. The van der Waals surface area contributed by atoms with Crippen molar-refractivity contribution in [2.45, 2.75) is 280 Å². The lowest BCUT2D eigenvalue weighted by molar-refractivity contribution is -0.180. The maximum Gasteiger partial charge on any atom is 0.471 e. The van der Waals surface area contributed by atoms with Crippen LogP contribution >= 0.6 is 12.4 Å². The maximum absolute atomic E-state index is 13.2. The number of hydrogen-bond acceptors (Lipinski definition) is 20. The number of esters is 3. The Bertz CT molecular complexity index is 5130. The van der Waals surface area contributed by atoms with Crippen LogP contribution in [0.1, 0.15) is 192 Å². The molecule has 0 aromatic heterocycles. The van der Waals surface area contributed by atoms with E-state index in [2.05, 4.69) is 16.0 Å². The number of nitrogen functional groups attached to an aromatic ring is 1. The number of carbonyl (C=O) groups excluding carboxylic acids is 10. The third-order valence-electron chi connectivity index (χ3n) is 23.2. The number of rotatable bonds is 25. The summed E-state index contributed by atoms with van der Waals surface area (Å²) in [6.07, 6.45) is -1.03. The number of Topliss-reactive ketones (excluding diaryl/α,β-unsaturated/α-hetero) is 1. The van der Waals surface area contributed by atoms with Crippen LogP contribution < -0.4 is 52.3 Å². The zero-order valence-corrected chi connectivity index (χ0v) is 79.1. The molecule has 26 nitrogen and oxygen atoms in total. The molecule has 13 rings (SSSR count). The van der Waals surface area contributed by atoms with Gasteiger partial charge in [0.1, 0.15) is 55.2 Å². The molecule has 0 unspecified atom stereocenters. The number of ketones is 1. The number of nitrogens with two attached hydrogens (primary N) is 1. The molecule has 0 bridgehead atoms. The first-order valence-corrected chi connectivity index (χ1v) is 46.1. The highest BCUT2D eigenvalue weighted by Crippen LogP contribution is 2.39. The van der Waals surface area contributed by atoms with Gasteiger partial charge in [0.15, 0.2) is 5.78 Å². The summed E-state index contributed by atoms with van der Waals surface area (Å²) in [7, 11) is 0. The van der Waals surface area contributed by atoms with Gasteiger partial charge in [-0.2, -0.15) is 52.7 Å². The maximum atomic E-state index is 13.2. The minimum absolute atomic E-state index is 0. The molecule has 6 aliphatic rings. The molecule has 8 N–H and O–H groups in total. The van der Waals surface area contributed by atoms with Gasteiger partial charge in [0.25, 0.3) is 0 Å². The minimum Gasteiger partial charge on any atom is -0.459 e. The van der Waals surface area contributed by atoms with Gasteiger partial charge in [0.05, 0.1) is 40.7 Å². The van der Waals surface area contributed by atoms with Crippen LogP contribution in [0.4, 0.5) is 102 Å². The Morgan fingerprint density at radius 2 is 0.806 bits per heavy atom. The van der Waals surface area contributed by atoms with Gasteiger partial charge in [0.2, 0.25) is 0 Å². The predicted octanol–water partition coefficient (Wildman–Crippen LogP) is 19.9. The fourth-order valence-corrected chi connectivity index (χ4v) is 16.5. The number of ether oxygens (including phenoxy) is 5. The Kier molecular flexibility index (Phi) is 42.2. The van der Waals surface area contributed by atoms with Crippen LogP contribution in [0, 0.1) is 0 Å². The van der Waals surface area contributed by atoms with Gasteiger partial charge in [-0.3, -0.25) is 34.6 Å². The van der Waals surface area contributed by atoms with Gasteiger partial charge in [-0.1, -0.05) is 223 Å². The van der Waals surface area contributed by atoms with Crippen molar-refractivity contribution in [1.29, 1.82) is 0 Å². The molecule has 0 spiro atoms. The highest BCUT2D eigenvalue weighted by molar-refractivity contribution is 5.96. The van der Waals surface area contributed by atoms with Gasteiger partial charge in [0, 0.05) is 55.9 Å².